The summed E-state index contributed by atoms with van der Waals surface area (Å²) in [5, 5.41) is 2.51. The molecule has 0 atom stereocenters. The zero-order valence-electron chi connectivity index (χ0n) is 14.6. The van der Waals surface area contributed by atoms with Crippen molar-refractivity contribution in [3.8, 4) is 5.75 Å². The van der Waals surface area contributed by atoms with Crippen molar-refractivity contribution in [3.05, 3.63) is 23.8 Å². The Balaban J connectivity index is 2.13. The molecular formula is C17H22F3NO4. The molecule has 1 amide bonds. The van der Waals surface area contributed by atoms with Crippen molar-refractivity contribution in [2.45, 2.75) is 33.2 Å². The highest BCUT2D eigenvalue weighted by atomic mass is 19.4. The number of rotatable bonds is 4. The van der Waals surface area contributed by atoms with Gasteiger partial charge in [-0.25, -0.2) is 0 Å². The lowest BCUT2D eigenvalue weighted by molar-refractivity contribution is -0.237. The van der Waals surface area contributed by atoms with Gasteiger partial charge in [0, 0.05) is 11.6 Å². The summed E-state index contributed by atoms with van der Waals surface area (Å²) in [6, 6.07) is 3.38. The Kier molecular flexibility index (Phi) is 5.63. The Hall–Kier alpha value is -1.80. The fraction of sp³-hybridized carbons (Fsp3) is 0.588. The number of carbonyl (C=O) groups is 1. The molecule has 1 saturated heterocycles. The summed E-state index contributed by atoms with van der Waals surface area (Å²) in [5.74, 6) is -0.627. The van der Waals surface area contributed by atoms with Crippen LogP contribution in [0.2, 0.25) is 0 Å². The van der Waals surface area contributed by atoms with Crippen LogP contribution in [-0.4, -0.2) is 32.5 Å². The Morgan fingerprint density at radius 1 is 1.32 bits per heavy atom. The Morgan fingerprint density at radius 2 is 1.92 bits per heavy atom. The van der Waals surface area contributed by atoms with Gasteiger partial charge in [-0.2, -0.15) is 13.2 Å². The number of hydrogen-bond donors (Lipinski definition) is 1. The number of ether oxygens (including phenoxy) is 3. The number of alkyl halides is 3. The van der Waals surface area contributed by atoms with Crippen LogP contribution < -0.4 is 10.1 Å². The van der Waals surface area contributed by atoms with Gasteiger partial charge in [0.25, 0.3) is 0 Å². The molecule has 1 aromatic carbocycles. The van der Waals surface area contributed by atoms with Crippen molar-refractivity contribution in [3.63, 3.8) is 0 Å². The number of halogens is 3. The van der Waals surface area contributed by atoms with E-state index >= 15 is 0 Å². The summed E-state index contributed by atoms with van der Waals surface area (Å²) in [5.41, 5.74) is -1.90. The molecule has 140 valence electrons. The van der Waals surface area contributed by atoms with Crippen molar-refractivity contribution in [2.75, 3.05) is 25.6 Å². The van der Waals surface area contributed by atoms with E-state index in [2.05, 4.69) is 5.32 Å². The average Bonchev–Trinajstić information content (AvgIpc) is 2.54. The molecule has 2 rings (SSSR count). The SMILES string of the molecule is COc1ccc(NC(=O)C2(C)COC(C(C)C)OC2)cc1C(F)(F)F. The molecule has 25 heavy (non-hydrogen) atoms. The number of methoxy groups -OCH3 is 1. The maximum Gasteiger partial charge on any atom is 0.420 e. The topological polar surface area (TPSA) is 56.8 Å². The van der Waals surface area contributed by atoms with Gasteiger partial charge in [0.15, 0.2) is 6.29 Å². The van der Waals surface area contributed by atoms with Gasteiger partial charge in [0.2, 0.25) is 5.91 Å². The maximum atomic E-state index is 13.1. The molecule has 1 N–H and O–H groups in total. The smallest absolute Gasteiger partial charge is 0.420 e. The van der Waals surface area contributed by atoms with Gasteiger partial charge in [-0.1, -0.05) is 13.8 Å². The van der Waals surface area contributed by atoms with Crippen molar-refractivity contribution >= 4 is 11.6 Å². The van der Waals surface area contributed by atoms with E-state index in [9.17, 15) is 18.0 Å². The molecule has 1 aliphatic heterocycles. The van der Waals surface area contributed by atoms with E-state index in [1.54, 1.807) is 6.92 Å². The van der Waals surface area contributed by atoms with Crippen molar-refractivity contribution in [2.24, 2.45) is 11.3 Å². The second-order valence-corrected chi connectivity index (χ2v) is 6.66. The highest BCUT2D eigenvalue weighted by Crippen LogP contribution is 2.38. The average molecular weight is 361 g/mol. The summed E-state index contributed by atoms with van der Waals surface area (Å²) >= 11 is 0. The van der Waals surface area contributed by atoms with Gasteiger partial charge in [-0.05, 0) is 25.1 Å². The molecule has 0 spiro atoms. The van der Waals surface area contributed by atoms with Crippen LogP contribution in [0.4, 0.5) is 18.9 Å². The number of nitrogens with one attached hydrogen (secondary N) is 1. The predicted molar refractivity (Wildman–Crippen MR) is 85.3 cm³/mol. The van der Waals surface area contributed by atoms with E-state index in [1.165, 1.54) is 12.1 Å². The molecular weight excluding hydrogens is 339 g/mol. The zero-order valence-corrected chi connectivity index (χ0v) is 14.6. The fourth-order valence-electron chi connectivity index (χ4n) is 2.43. The maximum absolute atomic E-state index is 13.1. The normalized spacial score (nSPS) is 24.2. The van der Waals surface area contributed by atoms with Crippen LogP contribution in [0, 0.1) is 11.3 Å². The summed E-state index contributed by atoms with van der Waals surface area (Å²) in [6.07, 6.45) is -4.98. The third-order valence-corrected chi connectivity index (χ3v) is 3.99. The summed E-state index contributed by atoms with van der Waals surface area (Å²) in [7, 11) is 1.16. The monoisotopic (exact) mass is 361 g/mol. The van der Waals surface area contributed by atoms with Gasteiger partial charge in [-0.15, -0.1) is 0 Å². The Labute approximate surface area is 144 Å². The van der Waals surface area contributed by atoms with Crippen molar-refractivity contribution in [1.82, 2.24) is 0 Å². The lowest BCUT2D eigenvalue weighted by atomic mass is 9.90. The first-order valence-corrected chi connectivity index (χ1v) is 7.87. The standard InChI is InChI=1S/C17H22F3NO4/c1-10(2)14-24-8-16(3,9-25-14)15(22)21-11-5-6-13(23-4)12(7-11)17(18,19)20/h5-7,10,14H,8-9H2,1-4H3,(H,21,22). The fourth-order valence-corrected chi connectivity index (χ4v) is 2.43. The molecule has 1 aliphatic rings. The number of benzene rings is 1. The van der Waals surface area contributed by atoms with Crippen LogP contribution in [0.1, 0.15) is 26.3 Å². The van der Waals surface area contributed by atoms with Gasteiger partial charge in [0.1, 0.15) is 5.75 Å². The molecule has 0 aliphatic carbocycles. The molecule has 0 aromatic heterocycles. The minimum absolute atomic E-state index is 0.0327. The second kappa shape index (κ2) is 7.21. The molecule has 0 bridgehead atoms. The molecule has 0 saturated carbocycles. The predicted octanol–water partition coefficient (Wildman–Crippen LogP) is 3.69. The summed E-state index contributed by atoms with van der Waals surface area (Å²) < 4.78 is 55.0. The van der Waals surface area contributed by atoms with E-state index in [-0.39, 0.29) is 30.6 Å². The van der Waals surface area contributed by atoms with E-state index < -0.39 is 29.4 Å². The molecule has 5 nitrogen and oxygen atoms in total. The third-order valence-electron chi connectivity index (χ3n) is 3.99. The van der Waals surface area contributed by atoms with Crippen LogP contribution in [0.3, 0.4) is 0 Å². The van der Waals surface area contributed by atoms with Crippen LogP contribution in [0.25, 0.3) is 0 Å². The molecule has 0 unspecified atom stereocenters. The van der Waals surface area contributed by atoms with Crippen LogP contribution in [0.5, 0.6) is 5.75 Å². The van der Waals surface area contributed by atoms with Gasteiger partial charge in [-0.3, -0.25) is 4.79 Å². The Morgan fingerprint density at radius 3 is 2.40 bits per heavy atom. The first kappa shape index (κ1) is 19.5. The first-order chi connectivity index (χ1) is 11.6. The number of hydrogen-bond acceptors (Lipinski definition) is 4. The van der Waals surface area contributed by atoms with E-state index in [1.807, 2.05) is 13.8 Å². The zero-order chi connectivity index (χ0) is 18.8. The van der Waals surface area contributed by atoms with Crippen LogP contribution >= 0.6 is 0 Å². The van der Waals surface area contributed by atoms with Crippen molar-refractivity contribution < 1.29 is 32.2 Å². The summed E-state index contributed by atoms with van der Waals surface area (Å²) in [6.45, 7) is 5.77. The van der Waals surface area contributed by atoms with E-state index in [0.717, 1.165) is 13.2 Å². The minimum Gasteiger partial charge on any atom is -0.496 e. The highest BCUT2D eigenvalue weighted by molar-refractivity contribution is 5.95. The molecule has 1 fully saturated rings. The molecule has 1 aromatic rings. The van der Waals surface area contributed by atoms with Gasteiger partial charge < -0.3 is 19.5 Å². The number of carbonyl (C=O) groups excluding carboxylic acids is 1. The third kappa shape index (κ3) is 4.43. The second-order valence-electron chi connectivity index (χ2n) is 6.66. The number of anilines is 1. The first-order valence-electron chi connectivity index (χ1n) is 7.87. The van der Waals surface area contributed by atoms with Crippen LogP contribution in [0.15, 0.2) is 18.2 Å². The minimum atomic E-state index is -4.59. The van der Waals surface area contributed by atoms with Crippen LogP contribution in [-0.2, 0) is 20.4 Å². The largest absolute Gasteiger partial charge is 0.496 e. The molecule has 1 heterocycles. The molecule has 0 radical (unpaired) electrons. The van der Waals surface area contributed by atoms with E-state index in [4.69, 9.17) is 14.2 Å². The van der Waals surface area contributed by atoms with E-state index in [0.29, 0.717) is 0 Å². The molecule has 8 heteroatoms. The number of amides is 1. The lowest BCUT2D eigenvalue weighted by Crippen LogP contribution is -2.48. The summed E-state index contributed by atoms with van der Waals surface area (Å²) in [4.78, 5) is 12.5. The quantitative estimate of drug-likeness (QED) is 0.889. The van der Waals surface area contributed by atoms with Gasteiger partial charge in [0.05, 0.1) is 31.3 Å². The Bertz CT molecular complexity index is 623. The van der Waals surface area contributed by atoms with Gasteiger partial charge >= 0.3 is 6.18 Å². The highest BCUT2D eigenvalue weighted by Gasteiger charge is 2.40. The lowest BCUT2D eigenvalue weighted by Gasteiger charge is -2.37. The van der Waals surface area contributed by atoms with Crippen molar-refractivity contribution in [1.29, 1.82) is 0 Å².